The average Bonchev–Trinajstić information content (AvgIpc) is 2.69. The number of aromatic nitrogens is 2. The fourth-order valence-electron chi connectivity index (χ4n) is 3.80. The summed E-state index contributed by atoms with van der Waals surface area (Å²) in [5, 5.41) is 0. The third-order valence-corrected chi connectivity index (χ3v) is 5.24. The summed E-state index contributed by atoms with van der Waals surface area (Å²) in [5.74, 6) is 2.07. The van der Waals surface area contributed by atoms with Crippen LogP contribution in [0.5, 0.6) is 0 Å². The van der Waals surface area contributed by atoms with E-state index in [1.165, 1.54) is 30.4 Å². The van der Waals surface area contributed by atoms with E-state index in [-0.39, 0.29) is 6.10 Å². The van der Waals surface area contributed by atoms with E-state index in [9.17, 15) is 0 Å². The molecule has 2 aliphatic heterocycles. The maximum Gasteiger partial charge on any atom is 0.134 e. The summed E-state index contributed by atoms with van der Waals surface area (Å²) in [4.78, 5) is 13.8. The highest BCUT2D eigenvalue weighted by Crippen LogP contribution is 2.28. The van der Waals surface area contributed by atoms with Crippen LogP contribution in [0.1, 0.15) is 36.5 Å². The van der Waals surface area contributed by atoms with Crippen LogP contribution in [0.3, 0.4) is 0 Å². The van der Waals surface area contributed by atoms with Crippen molar-refractivity contribution < 1.29 is 4.74 Å². The second-order valence-corrected chi connectivity index (χ2v) is 6.94. The van der Waals surface area contributed by atoms with Gasteiger partial charge in [0, 0.05) is 32.2 Å². The third-order valence-electron chi connectivity index (χ3n) is 5.24. The van der Waals surface area contributed by atoms with E-state index >= 15 is 0 Å². The number of hydrogen-bond acceptors (Lipinski definition) is 5. The highest BCUT2D eigenvalue weighted by molar-refractivity contribution is 5.51. The van der Waals surface area contributed by atoms with Crippen molar-refractivity contribution in [2.24, 2.45) is 0 Å². The van der Waals surface area contributed by atoms with Gasteiger partial charge in [0.05, 0.1) is 6.61 Å². The minimum Gasteiger partial charge on any atom is -0.370 e. The second-order valence-electron chi connectivity index (χ2n) is 6.94. The van der Waals surface area contributed by atoms with Gasteiger partial charge in [-0.1, -0.05) is 24.3 Å². The Morgan fingerprint density at radius 2 is 1.72 bits per heavy atom. The minimum atomic E-state index is 0.100. The highest BCUT2D eigenvalue weighted by Gasteiger charge is 2.24. The first-order valence-corrected chi connectivity index (χ1v) is 9.30. The minimum absolute atomic E-state index is 0.100. The molecular formula is C20H26N4O. The van der Waals surface area contributed by atoms with E-state index in [4.69, 9.17) is 4.74 Å². The van der Waals surface area contributed by atoms with Crippen molar-refractivity contribution in [1.29, 1.82) is 0 Å². The molecule has 3 heterocycles. The van der Waals surface area contributed by atoms with Crippen molar-refractivity contribution in [3.05, 3.63) is 47.8 Å². The maximum atomic E-state index is 6.05. The maximum absolute atomic E-state index is 6.05. The Morgan fingerprint density at radius 3 is 2.52 bits per heavy atom. The van der Waals surface area contributed by atoms with E-state index in [0.717, 1.165) is 44.4 Å². The van der Waals surface area contributed by atoms with Gasteiger partial charge in [0.25, 0.3) is 0 Å². The highest BCUT2D eigenvalue weighted by atomic mass is 16.5. The molecule has 0 N–H and O–H groups in total. The number of benzene rings is 1. The van der Waals surface area contributed by atoms with Crippen LogP contribution in [0.4, 0.5) is 11.6 Å². The van der Waals surface area contributed by atoms with Gasteiger partial charge in [0.1, 0.15) is 24.1 Å². The Morgan fingerprint density at radius 1 is 0.960 bits per heavy atom. The van der Waals surface area contributed by atoms with E-state index in [0.29, 0.717) is 0 Å². The zero-order chi connectivity index (χ0) is 17.1. The van der Waals surface area contributed by atoms with Gasteiger partial charge in [-0.15, -0.1) is 0 Å². The predicted octanol–water partition coefficient (Wildman–Crippen LogP) is 3.35. The first-order chi connectivity index (χ1) is 12.3. The summed E-state index contributed by atoms with van der Waals surface area (Å²) < 4.78 is 6.05. The first kappa shape index (κ1) is 16.3. The molecule has 0 saturated carbocycles. The molecule has 5 heteroatoms. The van der Waals surface area contributed by atoms with Crippen LogP contribution in [-0.4, -0.2) is 42.8 Å². The molecule has 0 amide bonds. The number of hydrogen-bond donors (Lipinski definition) is 0. The number of aryl methyl sites for hydroxylation is 1. The van der Waals surface area contributed by atoms with Gasteiger partial charge in [-0.25, -0.2) is 9.97 Å². The largest absolute Gasteiger partial charge is 0.370 e. The fraction of sp³-hybridized carbons (Fsp3) is 0.500. The number of anilines is 2. The molecule has 2 fully saturated rings. The molecule has 4 rings (SSSR count). The number of morpholine rings is 1. The third kappa shape index (κ3) is 3.61. The lowest BCUT2D eigenvalue weighted by molar-refractivity contribution is 0.0391. The van der Waals surface area contributed by atoms with Crippen LogP contribution >= 0.6 is 0 Å². The van der Waals surface area contributed by atoms with Gasteiger partial charge >= 0.3 is 0 Å². The molecule has 2 aromatic rings. The van der Waals surface area contributed by atoms with Gasteiger partial charge in [-0.05, 0) is 37.3 Å². The fourth-order valence-corrected chi connectivity index (χ4v) is 3.80. The molecule has 1 aromatic heterocycles. The summed E-state index contributed by atoms with van der Waals surface area (Å²) in [6.45, 7) is 6.79. The standard InChI is InChI=1S/C20H26N4O/c1-16-7-3-4-8-17(16)18-14-24(11-12-25-18)20-13-19(21-15-22-20)23-9-5-2-6-10-23/h3-4,7-8,13,15,18H,2,5-6,9-12,14H2,1H3. The smallest absolute Gasteiger partial charge is 0.134 e. The normalized spacial score (nSPS) is 21.4. The number of piperidine rings is 1. The Labute approximate surface area is 149 Å². The van der Waals surface area contributed by atoms with Crippen molar-refractivity contribution in [2.45, 2.75) is 32.3 Å². The van der Waals surface area contributed by atoms with E-state index < -0.39 is 0 Å². The van der Waals surface area contributed by atoms with Gasteiger partial charge in [0.2, 0.25) is 0 Å². The van der Waals surface area contributed by atoms with Gasteiger partial charge in [-0.3, -0.25) is 0 Å². The molecular weight excluding hydrogens is 312 g/mol. The van der Waals surface area contributed by atoms with Gasteiger partial charge in [0.15, 0.2) is 0 Å². The van der Waals surface area contributed by atoms with E-state index in [1.54, 1.807) is 6.33 Å². The second kappa shape index (κ2) is 7.40. The molecule has 25 heavy (non-hydrogen) atoms. The Kier molecular flexibility index (Phi) is 4.83. The van der Waals surface area contributed by atoms with Crippen LogP contribution in [0.25, 0.3) is 0 Å². The van der Waals surface area contributed by atoms with Crippen molar-refractivity contribution in [1.82, 2.24) is 9.97 Å². The number of ether oxygens (including phenoxy) is 1. The summed E-state index contributed by atoms with van der Waals surface area (Å²) in [6, 6.07) is 10.6. The number of nitrogens with zero attached hydrogens (tertiary/aromatic N) is 4. The van der Waals surface area contributed by atoms with Crippen LogP contribution in [0, 0.1) is 6.92 Å². The Hall–Kier alpha value is -2.14. The lowest BCUT2D eigenvalue weighted by Gasteiger charge is -2.35. The molecule has 2 aliphatic rings. The summed E-state index contributed by atoms with van der Waals surface area (Å²) >= 11 is 0. The molecule has 0 aliphatic carbocycles. The monoisotopic (exact) mass is 338 g/mol. The average molecular weight is 338 g/mol. The van der Waals surface area contributed by atoms with Crippen molar-refractivity contribution >= 4 is 11.6 Å². The van der Waals surface area contributed by atoms with Crippen molar-refractivity contribution in [3.8, 4) is 0 Å². The molecule has 0 radical (unpaired) electrons. The number of rotatable bonds is 3. The van der Waals surface area contributed by atoms with Crippen molar-refractivity contribution in [3.63, 3.8) is 0 Å². The van der Waals surface area contributed by atoms with Crippen LogP contribution in [-0.2, 0) is 4.74 Å². The molecule has 1 unspecified atom stereocenters. The van der Waals surface area contributed by atoms with Crippen molar-refractivity contribution in [2.75, 3.05) is 42.6 Å². The molecule has 2 saturated heterocycles. The van der Waals surface area contributed by atoms with E-state index in [2.05, 4.69) is 57.0 Å². The molecule has 132 valence electrons. The Bertz CT molecular complexity index is 714. The van der Waals surface area contributed by atoms with Gasteiger partial charge in [-0.2, -0.15) is 0 Å². The SMILES string of the molecule is Cc1ccccc1C1CN(c2cc(N3CCCCC3)ncn2)CCO1. The molecule has 1 aromatic carbocycles. The zero-order valence-electron chi connectivity index (χ0n) is 14.9. The van der Waals surface area contributed by atoms with Crippen LogP contribution < -0.4 is 9.80 Å². The molecule has 0 spiro atoms. The van der Waals surface area contributed by atoms with E-state index in [1.807, 2.05) is 0 Å². The quantitative estimate of drug-likeness (QED) is 0.858. The molecule has 5 nitrogen and oxygen atoms in total. The summed E-state index contributed by atoms with van der Waals surface area (Å²) in [6.07, 6.45) is 5.65. The lowest BCUT2D eigenvalue weighted by atomic mass is 10.0. The van der Waals surface area contributed by atoms with Gasteiger partial charge < -0.3 is 14.5 Å². The zero-order valence-corrected chi connectivity index (χ0v) is 14.9. The molecule has 1 atom stereocenters. The summed E-state index contributed by atoms with van der Waals surface area (Å²) in [7, 11) is 0. The lowest BCUT2D eigenvalue weighted by Crippen LogP contribution is -2.39. The van der Waals surface area contributed by atoms with Crippen LogP contribution in [0.2, 0.25) is 0 Å². The topological polar surface area (TPSA) is 41.5 Å². The summed E-state index contributed by atoms with van der Waals surface area (Å²) in [5.41, 5.74) is 2.56. The van der Waals surface area contributed by atoms with Crippen LogP contribution in [0.15, 0.2) is 36.7 Å². The Balaban J connectivity index is 1.52. The first-order valence-electron chi connectivity index (χ1n) is 9.30. The molecule has 0 bridgehead atoms. The predicted molar refractivity (Wildman–Crippen MR) is 100 cm³/mol.